The zero-order valence-corrected chi connectivity index (χ0v) is 15.5. The highest BCUT2D eigenvalue weighted by atomic mass is 19.1. The van der Waals surface area contributed by atoms with Gasteiger partial charge in [-0.05, 0) is 43.2 Å². The van der Waals surface area contributed by atoms with E-state index in [0.717, 1.165) is 17.7 Å². The van der Waals surface area contributed by atoms with Crippen LogP contribution in [0.25, 0.3) is 22.0 Å². The largest absolute Gasteiger partial charge is 0.491 e. The van der Waals surface area contributed by atoms with Crippen molar-refractivity contribution in [3.8, 4) is 16.9 Å². The maximum Gasteiger partial charge on any atom is 0.200 e. The minimum absolute atomic E-state index is 0.0379. The van der Waals surface area contributed by atoms with Gasteiger partial charge < -0.3 is 14.6 Å². The summed E-state index contributed by atoms with van der Waals surface area (Å²) in [5.74, 6) is -0.0470. The standard InChI is InChI=1S/C21H23FN2O2/c1-5-12-26-17-11-10-16(22)19-20(17)23-13(2)18(21(19)25)14-6-8-15(9-7-14)24(3)4/h6-11H,5,12H2,1-4H3,(H,23,25). The molecule has 0 unspecified atom stereocenters. The minimum Gasteiger partial charge on any atom is -0.491 e. The summed E-state index contributed by atoms with van der Waals surface area (Å²) >= 11 is 0. The lowest BCUT2D eigenvalue weighted by atomic mass is 10.0. The molecule has 0 spiro atoms. The van der Waals surface area contributed by atoms with Gasteiger partial charge in [0.2, 0.25) is 5.43 Å². The van der Waals surface area contributed by atoms with Gasteiger partial charge in [0, 0.05) is 31.0 Å². The number of pyridine rings is 1. The molecule has 5 heteroatoms. The molecule has 1 N–H and O–H groups in total. The van der Waals surface area contributed by atoms with Gasteiger partial charge in [0.25, 0.3) is 0 Å². The molecule has 4 nitrogen and oxygen atoms in total. The summed E-state index contributed by atoms with van der Waals surface area (Å²) in [6, 6.07) is 10.5. The third-order valence-corrected chi connectivity index (χ3v) is 4.39. The number of benzene rings is 2. The van der Waals surface area contributed by atoms with E-state index < -0.39 is 5.82 Å². The first-order valence-electron chi connectivity index (χ1n) is 8.69. The quantitative estimate of drug-likeness (QED) is 0.734. The molecule has 1 heterocycles. The van der Waals surface area contributed by atoms with E-state index in [2.05, 4.69) is 4.98 Å². The van der Waals surface area contributed by atoms with Crippen LogP contribution in [0.5, 0.6) is 5.75 Å². The van der Waals surface area contributed by atoms with Gasteiger partial charge in [0.15, 0.2) is 0 Å². The monoisotopic (exact) mass is 354 g/mol. The van der Waals surface area contributed by atoms with Crippen LogP contribution in [-0.4, -0.2) is 25.7 Å². The maximum absolute atomic E-state index is 14.5. The Labute approximate surface area is 152 Å². The zero-order chi connectivity index (χ0) is 18.8. The van der Waals surface area contributed by atoms with Crippen molar-refractivity contribution in [3.63, 3.8) is 0 Å². The highest BCUT2D eigenvalue weighted by Crippen LogP contribution is 2.29. The third kappa shape index (κ3) is 3.17. The van der Waals surface area contributed by atoms with Crippen LogP contribution < -0.4 is 15.1 Å². The molecule has 0 aliphatic carbocycles. The number of anilines is 1. The van der Waals surface area contributed by atoms with Crippen molar-refractivity contribution in [1.29, 1.82) is 0 Å². The van der Waals surface area contributed by atoms with Gasteiger partial charge in [-0.25, -0.2) is 4.39 Å². The second-order valence-electron chi connectivity index (χ2n) is 6.54. The Kier molecular flexibility index (Phi) is 4.98. The first-order valence-corrected chi connectivity index (χ1v) is 8.69. The Bertz CT molecular complexity index is 992. The summed E-state index contributed by atoms with van der Waals surface area (Å²) in [4.78, 5) is 18.3. The smallest absolute Gasteiger partial charge is 0.200 e. The SMILES string of the molecule is CCCOc1ccc(F)c2c(=O)c(-c3ccc(N(C)C)cc3)c(C)[nH]c12. The molecule has 3 aromatic rings. The molecule has 0 amide bonds. The summed E-state index contributed by atoms with van der Waals surface area (Å²) in [6.07, 6.45) is 0.832. The van der Waals surface area contributed by atoms with Crippen LogP contribution in [0.4, 0.5) is 10.1 Å². The summed E-state index contributed by atoms with van der Waals surface area (Å²) in [6.45, 7) is 4.33. The van der Waals surface area contributed by atoms with Gasteiger partial charge in [-0.2, -0.15) is 0 Å². The second-order valence-corrected chi connectivity index (χ2v) is 6.54. The third-order valence-electron chi connectivity index (χ3n) is 4.39. The number of halogens is 1. The molecule has 0 saturated carbocycles. The number of hydrogen-bond donors (Lipinski definition) is 1. The summed E-state index contributed by atoms with van der Waals surface area (Å²) in [5, 5.41) is 0.0379. The number of aromatic amines is 1. The van der Waals surface area contributed by atoms with Crippen molar-refractivity contribution in [2.75, 3.05) is 25.6 Å². The number of nitrogens with zero attached hydrogens (tertiary/aromatic N) is 1. The van der Waals surface area contributed by atoms with E-state index >= 15 is 0 Å². The van der Waals surface area contributed by atoms with E-state index in [9.17, 15) is 9.18 Å². The first kappa shape index (κ1) is 18.0. The molecule has 0 aliphatic heterocycles. The number of hydrogen-bond acceptors (Lipinski definition) is 3. The number of fused-ring (bicyclic) bond motifs is 1. The van der Waals surface area contributed by atoms with Crippen LogP contribution >= 0.6 is 0 Å². The number of aromatic nitrogens is 1. The van der Waals surface area contributed by atoms with Gasteiger partial charge in [-0.15, -0.1) is 0 Å². The average molecular weight is 354 g/mol. The summed E-state index contributed by atoms with van der Waals surface area (Å²) in [5.41, 5.74) is 3.05. The number of ether oxygens (including phenoxy) is 1. The summed E-state index contributed by atoms with van der Waals surface area (Å²) in [7, 11) is 3.91. The van der Waals surface area contributed by atoms with Gasteiger partial charge in [0.1, 0.15) is 11.6 Å². The molecular formula is C21H23FN2O2. The molecule has 3 rings (SSSR count). The Balaban J connectivity index is 2.22. The molecule has 136 valence electrons. The minimum atomic E-state index is -0.545. The van der Waals surface area contributed by atoms with Crippen molar-refractivity contribution in [1.82, 2.24) is 4.98 Å². The average Bonchev–Trinajstić information content (AvgIpc) is 2.61. The van der Waals surface area contributed by atoms with Crippen molar-refractivity contribution < 1.29 is 9.13 Å². The Morgan fingerprint density at radius 2 is 1.81 bits per heavy atom. The van der Waals surface area contributed by atoms with Crippen molar-refractivity contribution >= 4 is 16.6 Å². The number of H-pyrrole nitrogens is 1. The normalized spacial score (nSPS) is 11.0. The molecule has 0 saturated heterocycles. The Hall–Kier alpha value is -2.82. The van der Waals surface area contributed by atoms with Crippen molar-refractivity contribution in [2.24, 2.45) is 0 Å². The lowest BCUT2D eigenvalue weighted by molar-refractivity contribution is 0.320. The van der Waals surface area contributed by atoms with Crippen LogP contribution in [0.1, 0.15) is 19.0 Å². The topological polar surface area (TPSA) is 45.3 Å². The lowest BCUT2D eigenvalue weighted by Gasteiger charge is -2.15. The number of nitrogens with one attached hydrogen (secondary N) is 1. The predicted octanol–water partition coefficient (Wildman–Crippen LogP) is 4.50. The fourth-order valence-corrected chi connectivity index (χ4v) is 3.06. The lowest BCUT2D eigenvalue weighted by Crippen LogP contribution is -2.13. The first-order chi connectivity index (χ1) is 12.4. The number of aryl methyl sites for hydroxylation is 1. The molecule has 2 aromatic carbocycles. The van der Waals surface area contributed by atoms with E-state index in [1.54, 1.807) is 6.07 Å². The van der Waals surface area contributed by atoms with Crippen LogP contribution in [0, 0.1) is 12.7 Å². The van der Waals surface area contributed by atoms with E-state index in [0.29, 0.717) is 29.1 Å². The van der Waals surface area contributed by atoms with Gasteiger partial charge in [0.05, 0.1) is 17.5 Å². The highest BCUT2D eigenvalue weighted by molar-refractivity contribution is 5.89. The molecule has 0 bridgehead atoms. The van der Waals surface area contributed by atoms with Gasteiger partial charge in [-0.3, -0.25) is 4.79 Å². The van der Waals surface area contributed by atoms with E-state index in [-0.39, 0.29) is 10.8 Å². The molecule has 0 atom stereocenters. The van der Waals surface area contributed by atoms with Crippen LogP contribution in [0.15, 0.2) is 41.2 Å². The maximum atomic E-state index is 14.5. The summed E-state index contributed by atoms with van der Waals surface area (Å²) < 4.78 is 20.1. The fourth-order valence-electron chi connectivity index (χ4n) is 3.06. The van der Waals surface area contributed by atoms with E-state index in [4.69, 9.17) is 4.74 Å². The zero-order valence-electron chi connectivity index (χ0n) is 15.5. The van der Waals surface area contributed by atoms with Crippen LogP contribution in [0.2, 0.25) is 0 Å². The van der Waals surface area contributed by atoms with E-state index in [1.807, 2.05) is 57.1 Å². The van der Waals surface area contributed by atoms with E-state index in [1.165, 1.54) is 6.07 Å². The molecule has 0 aliphatic rings. The van der Waals surface area contributed by atoms with Crippen molar-refractivity contribution in [3.05, 3.63) is 58.1 Å². The Morgan fingerprint density at radius 1 is 1.12 bits per heavy atom. The predicted molar refractivity (Wildman–Crippen MR) is 105 cm³/mol. The number of rotatable bonds is 5. The molecule has 0 radical (unpaired) electrons. The molecule has 1 aromatic heterocycles. The van der Waals surface area contributed by atoms with Crippen LogP contribution in [0.3, 0.4) is 0 Å². The Morgan fingerprint density at radius 3 is 2.42 bits per heavy atom. The molecule has 26 heavy (non-hydrogen) atoms. The molecule has 0 fully saturated rings. The highest BCUT2D eigenvalue weighted by Gasteiger charge is 2.17. The van der Waals surface area contributed by atoms with Gasteiger partial charge in [-0.1, -0.05) is 19.1 Å². The van der Waals surface area contributed by atoms with Crippen molar-refractivity contribution in [2.45, 2.75) is 20.3 Å². The van der Waals surface area contributed by atoms with Crippen LogP contribution in [-0.2, 0) is 0 Å². The molecular weight excluding hydrogens is 331 g/mol. The second kappa shape index (κ2) is 7.20. The van der Waals surface area contributed by atoms with Gasteiger partial charge >= 0.3 is 0 Å². The fraction of sp³-hybridized carbons (Fsp3) is 0.286.